The van der Waals surface area contributed by atoms with E-state index in [4.69, 9.17) is 19.4 Å². The highest BCUT2D eigenvalue weighted by Gasteiger charge is 2.23. The number of aliphatic carboxylic acids is 1. The van der Waals surface area contributed by atoms with Crippen LogP contribution in [0.2, 0.25) is 0 Å². The zero-order valence-corrected chi connectivity index (χ0v) is 42.9. The van der Waals surface area contributed by atoms with Gasteiger partial charge in [-0.05, 0) is 138 Å². The second-order valence-electron chi connectivity index (χ2n) is 18.9. The number of H-pyrrole nitrogens is 2. The first-order chi connectivity index (χ1) is 37.4. The fourth-order valence-corrected chi connectivity index (χ4v) is 9.83. The fraction of sp³-hybridized carbons (Fsp3) is 0.182. The summed E-state index contributed by atoms with van der Waals surface area (Å²) in [5.74, 6) is 0.365. The Bertz CT molecular complexity index is 3550. The van der Waals surface area contributed by atoms with Crippen molar-refractivity contribution >= 4 is 75.5 Å². The van der Waals surface area contributed by atoms with E-state index in [9.17, 15) is 15.2 Å². The van der Waals surface area contributed by atoms with Gasteiger partial charge in [0.25, 0.3) is 0 Å². The van der Waals surface area contributed by atoms with Gasteiger partial charge in [-0.25, -0.2) is 14.8 Å². The maximum atomic E-state index is 11.7. The van der Waals surface area contributed by atoms with Crippen molar-refractivity contribution in [3.63, 3.8) is 0 Å². The Kier molecular flexibility index (Phi) is 15.7. The number of rotatable bonds is 20. The van der Waals surface area contributed by atoms with Gasteiger partial charge < -0.3 is 29.4 Å². The molecule has 0 saturated heterocycles. The molecular weight excluding hydrogens is 941 g/mol. The predicted molar refractivity (Wildman–Crippen MR) is 310 cm³/mol. The number of unbranched alkanes of at least 4 members (excludes halogenated alkanes) is 6. The summed E-state index contributed by atoms with van der Waals surface area (Å²) in [6, 6.07) is 55.0. The van der Waals surface area contributed by atoms with Gasteiger partial charge in [-0.15, -0.1) is 0 Å². The van der Waals surface area contributed by atoms with Crippen LogP contribution in [-0.2, 0) is 4.79 Å². The predicted octanol–water partition coefficient (Wildman–Crippen LogP) is 17.0. The lowest BCUT2D eigenvalue weighted by Gasteiger charge is -2.26. The molecule has 0 radical (unpaired) electrons. The summed E-state index contributed by atoms with van der Waals surface area (Å²) in [5.41, 5.74) is 14.8. The Labute approximate surface area is 444 Å². The van der Waals surface area contributed by atoms with Gasteiger partial charge in [-0.3, -0.25) is 0 Å². The van der Waals surface area contributed by atoms with Crippen LogP contribution >= 0.6 is 0 Å². The SMILES string of the molecule is CCCCCCOc1ccc(N(c2ccc(OCCCCCC)cc2)c2c3nc(c(-c4ccccc4)c4ccc([nH]4)c(-c4ccc(/C=C(/C#N)C(=O)O)cc4)c4nc(c(-c5ccccc5)c5ccc2[nH]5)C=C4)C=C3)cc1. The Morgan fingerprint density at radius 1 is 0.526 bits per heavy atom. The van der Waals surface area contributed by atoms with E-state index in [-0.39, 0.29) is 5.57 Å². The fourth-order valence-electron chi connectivity index (χ4n) is 9.83. The molecule has 378 valence electrons. The van der Waals surface area contributed by atoms with E-state index in [0.29, 0.717) is 18.8 Å². The summed E-state index contributed by atoms with van der Waals surface area (Å²) in [4.78, 5) is 32.8. The van der Waals surface area contributed by atoms with Gasteiger partial charge in [0.05, 0.1) is 47.2 Å². The maximum absolute atomic E-state index is 11.7. The highest BCUT2D eigenvalue weighted by atomic mass is 16.5. The average Bonchev–Trinajstić information content (AvgIpc) is 4.35. The Morgan fingerprint density at radius 2 is 0.947 bits per heavy atom. The van der Waals surface area contributed by atoms with E-state index < -0.39 is 5.97 Å². The Hall–Kier alpha value is -9.20. The Balaban J connectivity index is 1.23. The number of carboxylic acid groups (broad SMARTS) is 1. The van der Waals surface area contributed by atoms with Crippen LogP contribution in [0.3, 0.4) is 0 Å². The van der Waals surface area contributed by atoms with Crippen LogP contribution in [0.25, 0.3) is 85.8 Å². The van der Waals surface area contributed by atoms with E-state index in [1.165, 1.54) is 31.8 Å². The average molecular weight is 1000 g/mol. The Morgan fingerprint density at radius 3 is 1.39 bits per heavy atom. The summed E-state index contributed by atoms with van der Waals surface area (Å²) in [5, 5.41) is 19.1. The lowest BCUT2D eigenvalue weighted by molar-refractivity contribution is -0.132. The van der Waals surface area contributed by atoms with Gasteiger partial charge in [-0.2, -0.15) is 5.26 Å². The quantitative estimate of drug-likeness (QED) is 0.0390. The minimum atomic E-state index is -1.28. The van der Waals surface area contributed by atoms with Crippen LogP contribution in [0.15, 0.2) is 163 Å². The summed E-state index contributed by atoms with van der Waals surface area (Å²) < 4.78 is 12.6. The lowest BCUT2D eigenvalue weighted by Crippen LogP contribution is -2.12. The monoisotopic (exact) mass is 1000 g/mol. The number of nitrogens with one attached hydrogen (secondary N) is 2. The summed E-state index contributed by atoms with van der Waals surface area (Å²) in [6.45, 7) is 5.77. The van der Waals surface area contributed by atoms with Crippen molar-refractivity contribution < 1.29 is 19.4 Å². The van der Waals surface area contributed by atoms with E-state index in [0.717, 1.165) is 132 Å². The van der Waals surface area contributed by atoms with E-state index in [1.54, 1.807) is 6.07 Å². The number of benzene rings is 5. The molecule has 3 N–H and O–H groups in total. The number of carbonyl (C=O) groups is 1. The number of anilines is 3. The first kappa shape index (κ1) is 50.3. The molecular formula is C66H60N6O4. The number of fused-ring (bicyclic) bond motifs is 8. The van der Waals surface area contributed by atoms with Crippen molar-refractivity contribution in [1.29, 1.82) is 5.26 Å². The van der Waals surface area contributed by atoms with Gasteiger partial charge in [0, 0.05) is 44.6 Å². The van der Waals surface area contributed by atoms with Crippen LogP contribution < -0.4 is 14.4 Å². The molecule has 10 nitrogen and oxygen atoms in total. The lowest BCUT2D eigenvalue weighted by atomic mass is 10.0. The van der Waals surface area contributed by atoms with Crippen molar-refractivity contribution in [1.82, 2.24) is 19.9 Å². The third-order valence-corrected chi connectivity index (χ3v) is 13.7. The van der Waals surface area contributed by atoms with Gasteiger partial charge in [-0.1, -0.05) is 137 Å². The number of nitriles is 1. The molecule has 0 unspecified atom stereocenters. The smallest absolute Gasteiger partial charge is 0.346 e. The number of hydrogen-bond donors (Lipinski definition) is 3. The topological polar surface area (TPSA) is 140 Å². The van der Waals surface area contributed by atoms with Crippen molar-refractivity contribution in [2.24, 2.45) is 0 Å². The van der Waals surface area contributed by atoms with Crippen LogP contribution in [0.4, 0.5) is 17.1 Å². The van der Waals surface area contributed by atoms with E-state index in [2.05, 4.69) is 144 Å². The van der Waals surface area contributed by atoms with Gasteiger partial charge in [0.1, 0.15) is 23.1 Å². The van der Waals surface area contributed by atoms with Crippen molar-refractivity contribution in [3.8, 4) is 50.9 Å². The molecule has 10 heteroatoms. The molecule has 10 rings (SSSR count). The number of carboxylic acids is 1. The molecule has 8 bridgehead atoms. The molecule has 8 aromatic rings. The normalized spacial score (nSPS) is 11.9. The van der Waals surface area contributed by atoms with Crippen LogP contribution in [0, 0.1) is 11.3 Å². The molecule has 5 heterocycles. The number of ether oxygens (including phenoxy) is 2. The second-order valence-corrected chi connectivity index (χ2v) is 18.9. The standard InChI is InChI=1S/C66H60N6O4/c1-3-5-7-15-41-75-52-29-25-50(26-30-52)72(51-27-31-53(32-28-51)76-42-16-8-6-4-2)65-60-39-37-58(70-60)62(46-17-11-9-12-18-46)54-33-35-56(68-54)64(48-23-21-45(22-24-48)43-49(44-67)66(73)74)57-36-34-55(69-57)63(47-19-13-10-14-20-47)59-38-40-61(65)71-59/h9-14,17-40,43,68,71H,3-8,15-16,41-42H2,1-2H3,(H,73,74)/b49-43-,62-54?,62-58?,63-55?,63-59?,64-56?,64-57?,65-60?,65-61?. The molecule has 0 aliphatic carbocycles. The van der Waals surface area contributed by atoms with Crippen LogP contribution in [0.5, 0.6) is 11.5 Å². The minimum absolute atomic E-state index is 0.344. The maximum Gasteiger partial charge on any atom is 0.346 e. The summed E-state index contributed by atoms with van der Waals surface area (Å²) in [6.07, 6.45) is 18.7. The molecule has 0 amide bonds. The van der Waals surface area contributed by atoms with Crippen molar-refractivity contribution in [2.45, 2.75) is 65.2 Å². The zero-order valence-electron chi connectivity index (χ0n) is 42.9. The minimum Gasteiger partial charge on any atom is -0.494 e. The third-order valence-electron chi connectivity index (χ3n) is 13.7. The van der Waals surface area contributed by atoms with E-state index >= 15 is 0 Å². The molecule has 76 heavy (non-hydrogen) atoms. The third kappa shape index (κ3) is 11.3. The number of hydrogen-bond acceptors (Lipinski definition) is 7. The molecule has 0 saturated carbocycles. The number of aromatic nitrogens is 4. The second kappa shape index (κ2) is 23.8. The molecule has 5 aromatic carbocycles. The molecule has 2 aliphatic rings. The van der Waals surface area contributed by atoms with E-state index in [1.807, 2.05) is 66.7 Å². The van der Waals surface area contributed by atoms with Crippen LogP contribution in [-0.4, -0.2) is 44.2 Å². The van der Waals surface area contributed by atoms with Gasteiger partial charge in [0.15, 0.2) is 0 Å². The van der Waals surface area contributed by atoms with Crippen LogP contribution in [0.1, 0.15) is 93.6 Å². The summed E-state index contributed by atoms with van der Waals surface area (Å²) in [7, 11) is 0. The molecule has 2 aliphatic heterocycles. The number of aromatic amines is 2. The zero-order chi connectivity index (χ0) is 52.2. The highest BCUT2D eigenvalue weighted by molar-refractivity contribution is 6.01. The first-order valence-electron chi connectivity index (χ1n) is 26.4. The van der Waals surface area contributed by atoms with Crippen molar-refractivity contribution in [2.75, 3.05) is 18.1 Å². The van der Waals surface area contributed by atoms with Gasteiger partial charge >= 0.3 is 5.97 Å². The number of nitrogens with zero attached hydrogens (tertiary/aromatic N) is 4. The highest BCUT2D eigenvalue weighted by Crippen LogP contribution is 2.43. The summed E-state index contributed by atoms with van der Waals surface area (Å²) >= 11 is 0. The molecule has 0 atom stereocenters. The first-order valence-corrected chi connectivity index (χ1v) is 26.4. The van der Waals surface area contributed by atoms with Crippen molar-refractivity contribution in [3.05, 3.63) is 192 Å². The molecule has 0 spiro atoms. The largest absolute Gasteiger partial charge is 0.494 e. The molecule has 0 fully saturated rings. The van der Waals surface area contributed by atoms with Gasteiger partial charge in [0.2, 0.25) is 0 Å². The molecule has 3 aromatic heterocycles.